The molecule has 6 aromatic carbocycles. The molecule has 55 heavy (non-hydrogen) atoms. The van der Waals surface area contributed by atoms with Crippen molar-refractivity contribution in [1.29, 1.82) is 0 Å². The van der Waals surface area contributed by atoms with Crippen LogP contribution in [-0.2, 0) is 0 Å². The second kappa shape index (κ2) is 14.3. The van der Waals surface area contributed by atoms with Gasteiger partial charge in [-0.3, -0.25) is 0 Å². The molecule has 264 valence electrons. The minimum atomic E-state index is 0.272. The van der Waals surface area contributed by atoms with Crippen molar-refractivity contribution in [2.75, 3.05) is 4.90 Å². The molecule has 0 fully saturated rings. The van der Waals surface area contributed by atoms with Crippen LogP contribution in [0.1, 0.15) is 25.7 Å². The average Bonchev–Trinajstić information content (AvgIpc) is 3.27. The number of hydrogen-bond acceptors (Lipinski definition) is 2. The first kappa shape index (κ1) is 33.0. The summed E-state index contributed by atoms with van der Waals surface area (Å²) in [4.78, 5) is 2.45. The predicted molar refractivity (Wildman–Crippen MR) is 233 cm³/mol. The molecule has 0 aromatic heterocycles. The van der Waals surface area contributed by atoms with Gasteiger partial charge in [0.1, 0.15) is 0 Å². The lowest BCUT2D eigenvalue weighted by Gasteiger charge is -2.31. The molecule has 1 heterocycles. The van der Waals surface area contributed by atoms with Crippen LogP contribution in [0.4, 0.5) is 11.4 Å². The van der Waals surface area contributed by atoms with Crippen LogP contribution in [0.5, 0.6) is 0 Å². The van der Waals surface area contributed by atoms with Crippen molar-refractivity contribution < 1.29 is 0 Å². The van der Waals surface area contributed by atoms with Crippen molar-refractivity contribution in [3.05, 3.63) is 228 Å². The fourth-order valence-corrected chi connectivity index (χ4v) is 8.48. The Bertz CT molecular complexity index is 2590. The molecule has 3 aliphatic carbocycles. The van der Waals surface area contributed by atoms with E-state index in [-0.39, 0.29) is 6.04 Å². The lowest BCUT2D eigenvalue weighted by atomic mass is 9.86. The van der Waals surface area contributed by atoms with E-state index in [2.05, 4.69) is 204 Å². The summed E-state index contributed by atoms with van der Waals surface area (Å²) in [6.45, 7) is 0. The van der Waals surface area contributed by atoms with E-state index < -0.39 is 0 Å². The maximum atomic E-state index is 3.74. The zero-order chi connectivity index (χ0) is 36.6. The van der Waals surface area contributed by atoms with Gasteiger partial charge in [0, 0.05) is 22.8 Å². The Hall–Kier alpha value is -6.64. The topological polar surface area (TPSA) is 15.3 Å². The Morgan fingerprint density at radius 2 is 0.964 bits per heavy atom. The molecule has 4 aliphatic rings. The van der Waals surface area contributed by atoms with Gasteiger partial charge in [0.15, 0.2) is 0 Å². The van der Waals surface area contributed by atoms with Crippen LogP contribution in [0.25, 0.3) is 43.8 Å². The molecule has 1 N–H and O–H groups in total. The van der Waals surface area contributed by atoms with Crippen molar-refractivity contribution in [2.45, 2.75) is 31.7 Å². The molecule has 1 unspecified atom stereocenters. The van der Waals surface area contributed by atoms with Crippen LogP contribution in [0.15, 0.2) is 228 Å². The third-order valence-corrected chi connectivity index (χ3v) is 11.6. The molecular weight excluding hydrogens is 665 g/mol. The van der Waals surface area contributed by atoms with Gasteiger partial charge in [-0.25, -0.2) is 0 Å². The number of allylic oxidation sites excluding steroid dienone is 12. The zero-order valence-corrected chi connectivity index (χ0v) is 30.8. The molecule has 2 nitrogen and oxygen atoms in total. The highest BCUT2D eigenvalue weighted by atomic mass is 15.1. The maximum Gasteiger partial charge on any atom is 0.0701 e. The fraction of sp³-hybridized carbons (Fsp3) is 0.0943. The Balaban J connectivity index is 0.954. The number of nitrogens with one attached hydrogen (secondary N) is 1. The zero-order valence-electron chi connectivity index (χ0n) is 30.8. The third kappa shape index (κ3) is 6.62. The lowest BCUT2D eigenvalue weighted by molar-refractivity contribution is 0.734. The Kier molecular flexibility index (Phi) is 8.57. The van der Waals surface area contributed by atoms with Gasteiger partial charge in [0.2, 0.25) is 0 Å². The SMILES string of the molecule is C1=CC2=CC=C(C3=CC=C(C4=CC=C(N(c5ccc(-c6ccc7ccccc7c6)cc5)c5ccc(-c6ccc7ccccc7c6)cc5)CC4)CC3)NC2C=C1. The van der Waals surface area contributed by atoms with E-state index in [4.69, 9.17) is 0 Å². The van der Waals surface area contributed by atoms with Gasteiger partial charge in [-0.1, -0.05) is 146 Å². The molecule has 0 bridgehead atoms. The quantitative estimate of drug-likeness (QED) is 0.178. The number of anilines is 2. The summed E-state index contributed by atoms with van der Waals surface area (Å²) < 4.78 is 0. The molecular formula is C53H42N2. The van der Waals surface area contributed by atoms with Crippen LogP contribution in [0.2, 0.25) is 0 Å². The van der Waals surface area contributed by atoms with E-state index in [0.29, 0.717) is 0 Å². The van der Waals surface area contributed by atoms with Gasteiger partial charge in [-0.15, -0.1) is 0 Å². The highest BCUT2D eigenvalue weighted by Crippen LogP contribution is 2.39. The van der Waals surface area contributed by atoms with Gasteiger partial charge in [0.25, 0.3) is 0 Å². The summed E-state index contributed by atoms with van der Waals surface area (Å²) in [5.41, 5.74) is 15.4. The first-order chi connectivity index (χ1) is 27.2. The molecule has 0 spiro atoms. The standard InChI is InChI=1S/C53H42N2/c1-3-10-45-35-47(19-15-37(45)7-1)41-23-30-50(31-24-41)55(51-32-25-42(26-33-51)48-20-16-38-8-2-4-11-46(38)36-48)49-28-21-40(22-29-49)39-13-17-44(18-14-39)53-34-27-43-9-5-6-12-52(43)54-53/h1-13,15-17,19-21,23-28,30-36,52,54H,14,18,22,29H2. The van der Waals surface area contributed by atoms with Crippen molar-refractivity contribution in [3.63, 3.8) is 0 Å². The third-order valence-electron chi connectivity index (χ3n) is 11.6. The summed E-state index contributed by atoms with van der Waals surface area (Å²) in [5, 5.41) is 8.80. The monoisotopic (exact) mass is 706 g/mol. The predicted octanol–water partition coefficient (Wildman–Crippen LogP) is 13.6. The summed E-state index contributed by atoms with van der Waals surface area (Å²) in [6.07, 6.45) is 26.7. The van der Waals surface area contributed by atoms with Crippen LogP contribution in [-0.4, -0.2) is 6.04 Å². The average molecular weight is 707 g/mol. The van der Waals surface area contributed by atoms with Gasteiger partial charge >= 0.3 is 0 Å². The number of dihydropyridines is 1. The van der Waals surface area contributed by atoms with Crippen LogP contribution in [0.3, 0.4) is 0 Å². The first-order valence-corrected chi connectivity index (χ1v) is 19.5. The first-order valence-electron chi connectivity index (χ1n) is 19.5. The summed E-state index contributed by atoms with van der Waals surface area (Å²) >= 11 is 0. The number of fused-ring (bicyclic) bond motifs is 3. The van der Waals surface area contributed by atoms with E-state index >= 15 is 0 Å². The number of benzene rings is 6. The minimum absolute atomic E-state index is 0.272. The molecule has 10 rings (SSSR count). The largest absolute Gasteiger partial charge is 0.374 e. The normalized spacial score (nSPS) is 17.6. The molecule has 0 amide bonds. The Morgan fingerprint density at radius 1 is 0.436 bits per heavy atom. The maximum absolute atomic E-state index is 3.74. The van der Waals surface area contributed by atoms with Crippen molar-refractivity contribution in [2.24, 2.45) is 0 Å². The Labute approximate surface area is 323 Å². The van der Waals surface area contributed by atoms with Gasteiger partial charge < -0.3 is 10.2 Å². The lowest BCUT2D eigenvalue weighted by Crippen LogP contribution is -2.32. The number of nitrogens with zero attached hydrogens (tertiary/aromatic N) is 1. The van der Waals surface area contributed by atoms with Crippen molar-refractivity contribution >= 4 is 32.9 Å². The van der Waals surface area contributed by atoms with Crippen LogP contribution in [0, 0.1) is 0 Å². The van der Waals surface area contributed by atoms with E-state index in [1.165, 1.54) is 88.9 Å². The highest BCUT2D eigenvalue weighted by molar-refractivity contribution is 5.89. The second-order valence-corrected chi connectivity index (χ2v) is 14.9. The highest BCUT2D eigenvalue weighted by Gasteiger charge is 2.22. The van der Waals surface area contributed by atoms with E-state index in [0.717, 1.165) is 25.7 Å². The van der Waals surface area contributed by atoms with Crippen LogP contribution >= 0.6 is 0 Å². The van der Waals surface area contributed by atoms with Gasteiger partial charge in [-0.2, -0.15) is 0 Å². The molecule has 1 atom stereocenters. The molecule has 1 aliphatic heterocycles. The van der Waals surface area contributed by atoms with E-state index in [1.54, 1.807) is 0 Å². The second-order valence-electron chi connectivity index (χ2n) is 14.9. The van der Waals surface area contributed by atoms with Crippen molar-refractivity contribution in [3.8, 4) is 22.3 Å². The smallest absolute Gasteiger partial charge is 0.0701 e. The van der Waals surface area contributed by atoms with Gasteiger partial charge in [-0.05, 0) is 140 Å². The minimum Gasteiger partial charge on any atom is -0.374 e. The number of hydrogen-bond donors (Lipinski definition) is 1. The van der Waals surface area contributed by atoms with Crippen LogP contribution < -0.4 is 10.2 Å². The molecule has 0 saturated heterocycles. The van der Waals surface area contributed by atoms with E-state index in [1.807, 2.05) is 0 Å². The fourth-order valence-electron chi connectivity index (χ4n) is 8.48. The molecule has 0 radical (unpaired) electrons. The molecule has 2 heteroatoms. The molecule has 0 saturated carbocycles. The summed E-state index contributed by atoms with van der Waals surface area (Å²) in [6, 6.07) is 49.1. The van der Waals surface area contributed by atoms with Gasteiger partial charge in [0.05, 0.1) is 6.04 Å². The number of rotatable bonds is 7. The summed E-state index contributed by atoms with van der Waals surface area (Å²) in [5.74, 6) is 0. The summed E-state index contributed by atoms with van der Waals surface area (Å²) in [7, 11) is 0. The molecule has 6 aromatic rings. The van der Waals surface area contributed by atoms with E-state index in [9.17, 15) is 0 Å². The Morgan fingerprint density at radius 3 is 1.53 bits per heavy atom. The van der Waals surface area contributed by atoms with Crippen molar-refractivity contribution in [1.82, 2.24) is 5.32 Å².